The number of fused-ring (bicyclic) bond motifs is 2. The van der Waals surface area contributed by atoms with Gasteiger partial charge in [-0.15, -0.1) is 0 Å². The molecule has 2 aliphatic rings. The third kappa shape index (κ3) is 5.17. The Morgan fingerprint density at radius 3 is 2.62 bits per heavy atom. The van der Waals surface area contributed by atoms with Crippen molar-refractivity contribution in [3.05, 3.63) is 46.0 Å². The number of carbonyl (C=O) groups excluding carboxylic acids is 3. The van der Waals surface area contributed by atoms with Gasteiger partial charge < -0.3 is 30.5 Å². The average Bonchev–Trinajstić information content (AvgIpc) is 3.31. The number of amides is 3. The number of halogens is 1. The number of nitrogens with zero attached hydrogens (tertiary/aromatic N) is 2. The van der Waals surface area contributed by atoms with Crippen molar-refractivity contribution in [1.82, 2.24) is 14.8 Å². The summed E-state index contributed by atoms with van der Waals surface area (Å²) in [5.41, 5.74) is 1.95. The first-order chi connectivity index (χ1) is 17.4. The van der Waals surface area contributed by atoms with Crippen molar-refractivity contribution in [3.63, 3.8) is 0 Å². The Bertz CT molecular complexity index is 1290. The van der Waals surface area contributed by atoms with Crippen molar-refractivity contribution in [2.24, 2.45) is 0 Å². The summed E-state index contributed by atoms with van der Waals surface area (Å²) in [5, 5.41) is 14.9. The first-order valence-electron chi connectivity index (χ1n) is 12.6. The number of anilines is 2. The molecule has 37 heavy (non-hydrogen) atoms. The number of H-pyrrole nitrogens is 1. The Morgan fingerprint density at radius 2 is 1.97 bits per heavy atom. The van der Waals surface area contributed by atoms with E-state index in [1.807, 2.05) is 11.8 Å². The van der Waals surface area contributed by atoms with Gasteiger partial charge >= 0.3 is 0 Å². The molecular formula is C27H34FN5O4. The summed E-state index contributed by atoms with van der Waals surface area (Å²) < 4.78 is 14.8. The number of likely N-dealkylation sites (N-methyl/N-ethyl adjacent to an activating group) is 1. The molecule has 0 unspecified atom stereocenters. The van der Waals surface area contributed by atoms with Crippen LogP contribution in [0.25, 0.3) is 11.6 Å². The first-order valence-corrected chi connectivity index (χ1v) is 12.6. The van der Waals surface area contributed by atoms with Crippen LogP contribution in [0.3, 0.4) is 0 Å². The van der Waals surface area contributed by atoms with Crippen LogP contribution >= 0.6 is 0 Å². The summed E-state index contributed by atoms with van der Waals surface area (Å²) in [4.78, 5) is 45.6. The van der Waals surface area contributed by atoms with Crippen LogP contribution in [0.15, 0.2) is 12.1 Å². The Hall–Kier alpha value is -3.50. The highest BCUT2D eigenvalue weighted by Crippen LogP contribution is 2.37. The van der Waals surface area contributed by atoms with Crippen molar-refractivity contribution in [1.29, 1.82) is 0 Å². The molecule has 3 amide bonds. The van der Waals surface area contributed by atoms with E-state index < -0.39 is 23.2 Å². The predicted octanol–water partition coefficient (Wildman–Crippen LogP) is 3.00. The van der Waals surface area contributed by atoms with Crippen LogP contribution in [0.4, 0.5) is 15.8 Å². The molecule has 0 bridgehead atoms. The summed E-state index contributed by atoms with van der Waals surface area (Å²) in [6.07, 6.45) is 2.32. The SMILES string of the molecule is CCN(CC)CCN1CCc2[nH]c(/C=C3/C(=O)Nc4cc(NC(=O)C(C)(C)O)c(F)cc43)c(C)c2C1=O. The molecule has 0 saturated carbocycles. The molecule has 10 heteroatoms. The molecule has 198 valence electrons. The second-order valence-corrected chi connectivity index (χ2v) is 9.99. The summed E-state index contributed by atoms with van der Waals surface area (Å²) in [7, 11) is 0. The Labute approximate surface area is 215 Å². The lowest BCUT2D eigenvalue weighted by molar-refractivity contribution is -0.130. The smallest absolute Gasteiger partial charge is 0.256 e. The van der Waals surface area contributed by atoms with Crippen LogP contribution in [0.2, 0.25) is 0 Å². The van der Waals surface area contributed by atoms with Crippen molar-refractivity contribution in [2.45, 2.75) is 46.6 Å². The topological polar surface area (TPSA) is 118 Å². The second-order valence-electron chi connectivity index (χ2n) is 9.99. The number of aromatic nitrogens is 1. The third-order valence-electron chi connectivity index (χ3n) is 7.06. The Balaban J connectivity index is 1.61. The molecule has 2 aliphatic heterocycles. The van der Waals surface area contributed by atoms with Crippen LogP contribution in [0, 0.1) is 12.7 Å². The van der Waals surface area contributed by atoms with Crippen LogP contribution in [-0.2, 0) is 16.0 Å². The summed E-state index contributed by atoms with van der Waals surface area (Å²) in [6.45, 7) is 12.6. The van der Waals surface area contributed by atoms with Gasteiger partial charge in [0.25, 0.3) is 17.7 Å². The molecular weight excluding hydrogens is 477 g/mol. The van der Waals surface area contributed by atoms with E-state index >= 15 is 0 Å². The quantitative estimate of drug-likeness (QED) is 0.407. The van der Waals surface area contributed by atoms with Crippen LogP contribution in [-0.4, -0.2) is 75.9 Å². The van der Waals surface area contributed by atoms with E-state index in [1.54, 1.807) is 6.08 Å². The minimum absolute atomic E-state index is 0.0266. The van der Waals surface area contributed by atoms with Gasteiger partial charge in [-0.2, -0.15) is 0 Å². The Kier molecular flexibility index (Phi) is 7.25. The van der Waals surface area contributed by atoms with Gasteiger partial charge in [0.1, 0.15) is 11.4 Å². The van der Waals surface area contributed by atoms with Gasteiger partial charge in [-0.05, 0) is 57.6 Å². The lowest BCUT2D eigenvalue weighted by atomic mass is 10.0. The van der Waals surface area contributed by atoms with Gasteiger partial charge in [-0.25, -0.2) is 4.39 Å². The zero-order valence-corrected chi connectivity index (χ0v) is 21.9. The maximum atomic E-state index is 14.8. The number of nitrogens with one attached hydrogen (secondary N) is 3. The third-order valence-corrected chi connectivity index (χ3v) is 7.06. The molecule has 4 N–H and O–H groups in total. The van der Waals surface area contributed by atoms with E-state index in [0.29, 0.717) is 42.0 Å². The maximum absolute atomic E-state index is 14.8. The molecule has 0 fully saturated rings. The van der Waals surface area contributed by atoms with Gasteiger partial charge in [0.05, 0.1) is 22.5 Å². The molecule has 9 nitrogen and oxygen atoms in total. The summed E-state index contributed by atoms with van der Waals surface area (Å²) in [6, 6.07) is 2.51. The van der Waals surface area contributed by atoms with Gasteiger partial charge in [-0.3, -0.25) is 14.4 Å². The normalized spacial score (nSPS) is 16.3. The van der Waals surface area contributed by atoms with E-state index in [1.165, 1.54) is 26.0 Å². The molecule has 1 aromatic heterocycles. The fourth-order valence-corrected chi connectivity index (χ4v) is 4.69. The van der Waals surface area contributed by atoms with Crippen LogP contribution in [0.5, 0.6) is 0 Å². The fraction of sp³-hybridized carbons (Fsp3) is 0.444. The number of hydrogen-bond donors (Lipinski definition) is 4. The number of carbonyl (C=O) groups is 3. The molecule has 2 aromatic rings. The van der Waals surface area contributed by atoms with Crippen LogP contribution < -0.4 is 10.6 Å². The van der Waals surface area contributed by atoms with Gasteiger partial charge in [-0.1, -0.05) is 13.8 Å². The molecule has 0 radical (unpaired) electrons. The number of benzene rings is 1. The van der Waals surface area contributed by atoms with E-state index in [2.05, 4.69) is 34.4 Å². The standard InChI is InChI=1S/C27H34FN5O4/c1-6-32(7-2)10-11-33-9-8-19-23(25(33)35)15(3)20(29-19)13-17-16-12-18(28)22(14-21(16)30-24(17)34)31-26(36)27(4,5)37/h12-14,29,37H,6-11H2,1-5H3,(H,30,34)(H,31,36)/b17-13+. The Morgan fingerprint density at radius 1 is 1.27 bits per heavy atom. The van der Waals surface area contributed by atoms with Crippen molar-refractivity contribution in [2.75, 3.05) is 43.4 Å². The molecule has 0 spiro atoms. The summed E-state index contributed by atoms with van der Waals surface area (Å²) >= 11 is 0. The second kappa shape index (κ2) is 10.1. The largest absolute Gasteiger partial charge is 0.381 e. The van der Waals surface area contributed by atoms with Gasteiger partial charge in [0, 0.05) is 43.0 Å². The van der Waals surface area contributed by atoms with Crippen molar-refractivity contribution >= 4 is 40.7 Å². The number of aliphatic hydroxyl groups is 1. The zero-order chi connectivity index (χ0) is 27.1. The number of aromatic amines is 1. The lowest BCUT2D eigenvalue weighted by Crippen LogP contribution is -2.42. The molecule has 0 atom stereocenters. The predicted molar refractivity (Wildman–Crippen MR) is 141 cm³/mol. The highest BCUT2D eigenvalue weighted by atomic mass is 19.1. The van der Waals surface area contributed by atoms with Gasteiger partial charge in [0.15, 0.2) is 0 Å². The minimum atomic E-state index is -1.69. The van der Waals surface area contributed by atoms with Crippen LogP contribution in [0.1, 0.15) is 60.6 Å². The molecule has 1 aromatic carbocycles. The molecule has 0 saturated heterocycles. The molecule has 0 aliphatic carbocycles. The van der Waals surface area contributed by atoms with Crippen molar-refractivity contribution < 1.29 is 23.9 Å². The fourth-order valence-electron chi connectivity index (χ4n) is 4.69. The van der Waals surface area contributed by atoms with E-state index in [-0.39, 0.29) is 17.2 Å². The summed E-state index contributed by atoms with van der Waals surface area (Å²) in [5.74, 6) is -1.95. The van der Waals surface area contributed by atoms with Gasteiger partial charge in [0.2, 0.25) is 0 Å². The number of hydrogen-bond acceptors (Lipinski definition) is 5. The van der Waals surface area contributed by atoms with E-state index in [0.717, 1.165) is 30.9 Å². The maximum Gasteiger partial charge on any atom is 0.256 e. The average molecular weight is 512 g/mol. The first kappa shape index (κ1) is 26.6. The lowest BCUT2D eigenvalue weighted by Gasteiger charge is -2.29. The minimum Gasteiger partial charge on any atom is -0.381 e. The number of rotatable bonds is 8. The highest BCUT2D eigenvalue weighted by Gasteiger charge is 2.32. The molecule has 3 heterocycles. The zero-order valence-electron chi connectivity index (χ0n) is 21.9. The van der Waals surface area contributed by atoms with Crippen molar-refractivity contribution in [3.8, 4) is 0 Å². The highest BCUT2D eigenvalue weighted by molar-refractivity contribution is 6.35. The monoisotopic (exact) mass is 511 g/mol. The van der Waals surface area contributed by atoms with E-state index in [9.17, 15) is 23.9 Å². The van der Waals surface area contributed by atoms with E-state index in [4.69, 9.17) is 0 Å². The molecule has 4 rings (SSSR count).